The Labute approximate surface area is 163 Å². The van der Waals surface area contributed by atoms with Crippen LogP contribution in [-0.4, -0.2) is 51.8 Å². The summed E-state index contributed by atoms with van der Waals surface area (Å²) in [6, 6.07) is 10.2. The number of benzene rings is 1. The first kappa shape index (κ1) is 18.0. The van der Waals surface area contributed by atoms with Gasteiger partial charge in [0.2, 0.25) is 0 Å². The van der Waals surface area contributed by atoms with Crippen LogP contribution in [-0.2, 0) is 6.54 Å². The van der Waals surface area contributed by atoms with Crippen LogP contribution < -0.4 is 4.90 Å². The van der Waals surface area contributed by atoms with Crippen molar-refractivity contribution >= 4 is 32.6 Å². The number of nitrogens with zero attached hydrogens (tertiary/aromatic N) is 5. The summed E-state index contributed by atoms with van der Waals surface area (Å²) in [5, 5.41) is 5.63. The smallest absolute Gasteiger partial charge is 0.272 e. The van der Waals surface area contributed by atoms with E-state index < -0.39 is 0 Å². The Bertz CT molecular complexity index is 919. The SMILES string of the molecule is CCn1nc(C(C)C)cc1C(=O)N1CCN(c2nc3ccccc3s2)CC1. The summed E-state index contributed by atoms with van der Waals surface area (Å²) in [6.45, 7) is 9.98. The number of thiazole rings is 1. The Hall–Kier alpha value is -2.41. The minimum absolute atomic E-state index is 0.0835. The molecule has 1 aliphatic heterocycles. The van der Waals surface area contributed by atoms with Crippen molar-refractivity contribution in [2.24, 2.45) is 0 Å². The van der Waals surface area contributed by atoms with Crippen LogP contribution in [0.5, 0.6) is 0 Å². The van der Waals surface area contributed by atoms with Gasteiger partial charge in [-0.05, 0) is 31.0 Å². The summed E-state index contributed by atoms with van der Waals surface area (Å²) in [7, 11) is 0. The van der Waals surface area contributed by atoms with Gasteiger partial charge in [0.05, 0.1) is 15.9 Å². The first-order valence-electron chi connectivity index (χ1n) is 9.54. The molecular formula is C20H25N5OS. The molecule has 3 aromatic rings. The van der Waals surface area contributed by atoms with E-state index in [9.17, 15) is 4.79 Å². The van der Waals surface area contributed by atoms with Crippen molar-refractivity contribution in [2.75, 3.05) is 31.1 Å². The number of carbonyl (C=O) groups is 1. The van der Waals surface area contributed by atoms with E-state index in [1.807, 2.05) is 40.8 Å². The number of piperazine rings is 1. The van der Waals surface area contributed by atoms with Crippen molar-refractivity contribution in [3.63, 3.8) is 0 Å². The molecule has 0 aliphatic carbocycles. The van der Waals surface area contributed by atoms with E-state index in [2.05, 4.69) is 29.9 Å². The molecule has 1 aromatic carbocycles. The highest BCUT2D eigenvalue weighted by Crippen LogP contribution is 2.29. The van der Waals surface area contributed by atoms with Gasteiger partial charge in [-0.1, -0.05) is 37.3 Å². The Balaban J connectivity index is 1.46. The molecule has 0 spiro atoms. The minimum Gasteiger partial charge on any atom is -0.345 e. The van der Waals surface area contributed by atoms with Crippen LogP contribution >= 0.6 is 11.3 Å². The van der Waals surface area contributed by atoms with Gasteiger partial charge >= 0.3 is 0 Å². The highest BCUT2D eigenvalue weighted by molar-refractivity contribution is 7.22. The molecule has 2 aromatic heterocycles. The lowest BCUT2D eigenvalue weighted by Crippen LogP contribution is -2.49. The van der Waals surface area contributed by atoms with Crippen molar-refractivity contribution in [3.05, 3.63) is 41.7 Å². The minimum atomic E-state index is 0.0835. The number of hydrogen-bond acceptors (Lipinski definition) is 5. The number of rotatable bonds is 4. The van der Waals surface area contributed by atoms with Gasteiger partial charge in [0.1, 0.15) is 5.69 Å². The number of fused-ring (bicyclic) bond motifs is 1. The molecule has 0 atom stereocenters. The third kappa shape index (κ3) is 3.43. The maximum absolute atomic E-state index is 13.0. The molecule has 1 amide bonds. The molecule has 142 valence electrons. The summed E-state index contributed by atoms with van der Waals surface area (Å²) >= 11 is 1.72. The van der Waals surface area contributed by atoms with E-state index in [-0.39, 0.29) is 5.91 Å². The van der Waals surface area contributed by atoms with Crippen LogP contribution in [0.1, 0.15) is 42.9 Å². The van der Waals surface area contributed by atoms with Gasteiger partial charge in [0, 0.05) is 32.7 Å². The van der Waals surface area contributed by atoms with Crippen LogP contribution in [0.15, 0.2) is 30.3 Å². The van der Waals surface area contributed by atoms with E-state index in [4.69, 9.17) is 4.98 Å². The van der Waals surface area contributed by atoms with Crippen LogP contribution in [0.2, 0.25) is 0 Å². The fourth-order valence-corrected chi connectivity index (χ4v) is 4.41. The van der Waals surface area contributed by atoms with Crippen LogP contribution in [0.3, 0.4) is 0 Å². The summed E-state index contributed by atoms with van der Waals surface area (Å²) in [4.78, 5) is 22.0. The van der Waals surface area contributed by atoms with Gasteiger partial charge in [-0.15, -0.1) is 0 Å². The molecule has 7 heteroatoms. The number of aromatic nitrogens is 3. The largest absolute Gasteiger partial charge is 0.345 e. The normalized spacial score (nSPS) is 15.1. The molecule has 3 heterocycles. The monoisotopic (exact) mass is 383 g/mol. The van der Waals surface area contributed by atoms with Gasteiger partial charge in [0.25, 0.3) is 5.91 Å². The van der Waals surface area contributed by atoms with Crippen LogP contribution in [0.4, 0.5) is 5.13 Å². The topological polar surface area (TPSA) is 54.3 Å². The molecule has 4 rings (SSSR count). The second-order valence-electron chi connectivity index (χ2n) is 7.17. The lowest BCUT2D eigenvalue weighted by atomic mass is 10.1. The van der Waals surface area contributed by atoms with Crippen molar-refractivity contribution in [1.29, 1.82) is 0 Å². The summed E-state index contributed by atoms with van der Waals surface area (Å²) in [5.74, 6) is 0.403. The highest BCUT2D eigenvalue weighted by Gasteiger charge is 2.26. The van der Waals surface area contributed by atoms with Gasteiger partial charge < -0.3 is 9.80 Å². The molecular weight excluding hydrogens is 358 g/mol. The predicted molar refractivity (Wildman–Crippen MR) is 110 cm³/mol. The molecule has 1 fully saturated rings. The van der Waals surface area contributed by atoms with Crippen molar-refractivity contribution < 1.29 is 4.79 Å². The van der Waals surface area contributed by atoms with Gasteiger partial charge in [-0.2, -0.15) is 5.10 Å². The maximum atomic E-state index is 13.0. The third-order valence-electron chi connectivity index (χ3n) is 5.03. The number of carbonyl (C=O) groups excluding carboxylic acids is 1. The van der Waals surface area contributed by atoms with Gasteiger partial charge in [-0.3, -0.25) is 9.48 Å². The second kappa shape index (κ2) is 7.31. The molecule has 0 radical (unpaired) electrons. The molecule has 1 saturated heterocycles. The van der Waals surface area contributed by atoms with Crippen molar-refractivity contribution in [2.45, 2.75) is 33.2 Å². The first-order chi connectivity index (χ1) is 13.1. The zero-order valence-electron chi connectivity index (χ0n) is 16.1. The molecule has 0 saturated carbocycles. The van der Waals surface area contributed by atoms with Gasteiger partial charge in [-0.25, -0.2) is 4.98 Å². The van der Waals surface area contributed by atoms with Crippen LogP contribution in [0.25, 0.3) is 10.2 Å². The van der Waals surface area contributed by atoms with E-state index in [0.29, 0.717) is 31.2 Å². The van der Waals surface area contributed by atoms with E-state index >= 15 is 0 Å². The molecule has 6 nitrogen and oxygen atoms in total. The quantitative estimate of drug-likeness (QED) is 0.691. The van der Waals surface area contributed by atoms with Gasteiger partial charge in [0.15, 0.2) is 5.13 Å². The molecule has 1 aliphatic rings. The standard InChI is InChI=1S/C20H25N5OS/c1-4-25-17(13-16(22-25)14(2)3)19(26)23-9-11-24(12-10-23)20-21-15-7-5-6-8-18(15)27-20/h5-8,13-14H,4,9-12H2,1-3H3. The number of hydrogen-bond donors (Lipinski definition) is 0. The lowest BCUT2D eigenvalue weighted by molar-refractivity contribution is 0.0734. The highest BCUT2D eigenvalue weighted by atomic mass is 32.1. The third-order valence-corrected chi connectivity index (χ3v) is 6.13. The molecule has 0 N–H and O–H groups in total. The van der Waals surface area contributed by atoms with Crippen LogP contribution in [0, 0.1) is 0 Å². The van der Waals surface area contributed by atoms with Crippen molar-refractivity contribution in [3.8, 4) is 0 Å². The first-order valence-corrected chi connectivity index (χ1v) is 10.4. The average molecular weight is 384 g/mol. The zero-order chi connectivity index (χ0) is 19.0. The molecule has 0 unspecified atom stereocenters. The van der Waals surface area contributed by atoms with E-state index in [0.717, 1.165) is 29.4 Å². The van der Waals surface area contributed by atoms with E-state index in [1.54, 1.807) is 11.3 Å². The summed E-state index contributed by atoms with van der Waals surface area (Å²) in [5.41, 5.74) is 2.73. The fourth-order valence-electron chi connectivity index (χ4n) is 3.39. The van der Waals surface area contributed by atoms with E-state index in [1.165, 1.54) is 4.70 Å². The average Bonchev–Trinajstić information content (AvgIpc) is 3.31. The second-order valence-corrected chi connectivity index (χ2v) is 8.18. The number of amides is 1. The maximum Gasteiger partial charge on any atom is 0.272 e. The Morgan fingerprint density at radius 1 is 1.19 bits per heavy atom. The Morgan fingerprint density at radius 2 is 1.93 bits per heavy atom. The lowest BCUT2D eigenvalue weighted by Gasteiger charge is -2.34. The summed E-state index contributed by atoms with van der Waals surface area (Å²) < 4.78 is 3.04. The Kier molecular flexibility index (Phi) is 4.86. The molecule has 27 heavy (non-hydrogen) atoms. The molecule has 0 bridgehead atoms. The number of para-hydroxylation sites is 1. The predicted octanol–water partition coefficient (Wildman–Crippen LogP) is 3.60. The number of anilines is 1. The number of aryl methyl sites for hydroxylation is 1. The Morgan fingerprint density at radius 3 is 2.59 bits per heavy atom. The van der Waals surface area contributed by atoms with Crippen molar-refractivity contribution in [1.82, 2.24) is 19.7 Å². The zero-order valence-corrected chi connectivity index (χ0v) is 16.9. The fraction of sp³-hybridized carbons (Fsp3) is 0.450. The summed E-state index contributed by atoms with van der Waals surface area (Å²) in [6.07, 6.45) is 0.